The van der Waals surface area contributed by atoms with Crippen LogP contribution in [0.15, 0.2) is 71.6 Å². The summed E-state index contributed by atoms with van der Waals surface area (Å²) in [6.45, 7) is 2.02. The summed E-state index contributed by atoms with van der Waals surface area (Å²) in [5.74, 6) is -1.05. The fourth-order valence-electron chi connectivity index (χ4n) is 4.86. The highest BCUT2D eigenvalue weighted by atomic mass is 32.2. The maximum absolute atomic E-state index is 14.1. The molecule has 1 N–H and O–H groups in total. The van der Waals surface area contributed by atoms with Gasteiger partial charge in [-0.15, -0.1) is 0 Å². The van der Waals surface area contributed by atoms with E-state index in [0.717, 1.165) is 18.2 Å². The van der Waals surface area contributed by atoms with Crippen molar-refractivity contribution in [2.24, 2.45) is 0 Å². The van der Waals surface area contributed by atoms with Crippen molar-refractivity contribution in [3.05, 3.63) is 94.5 Å². The quantitative estimate of drug-likeness (QED) is 0.303. The lowest BCUT2D eigenvalue weighted by Crippen LogP contribution is -2.36. The van der Waals surface area contributed by atoms with Gasteiger partial charge in [0.2, 0.25) is 0 Å². The van der Waals surface area contributed by atoms with Crippen molar-refractivity contribution < 1.29 is 39.6 Å². The number of benzene rings is 3. The van der Waals surface area contributed by atoms with E-state index >= 15 is 0 Å². The van der Waals surface area contributed by atoms with Gasteiger partial charge in [0.25, 0.3) is 5.91 Å². The molecule has 1 unspecified atom stereocenters. The number of sulfone groups is 1. The molecule has 0 spiro atoms. The molecular weight excluding hydrogens is 570 g/mol. The zero-order valence-corrected chi connectivity index (χ0v) is 22.8. The molecule has 1 saturated heterocycles. The molecule has 3 aromatic rings. The second kappa shape index (κ2) is 11.8. The predicted molar refractivity (Wildman–Crippen MR) is 142 cm³/mol. The first-order valence-corrected chi connectivity index (χ1v) is 14.6. The summed E-state index contributed by atoms with van der Waals surface area (Å²) in [4.78, 5) is 14.4. The summed E-state index contributed by atoms with van der Waals surface area (Å²) in [7, 11) is -3.39. The SMILES string of the molecule is CCS(=O)(=O)c1ccc(CNC(=O)c2ccc(N3CCCC(c4ccc(C(F)(F)F)cc4)C3)c(C(F)(F)F)c2)cc1. The molecule has 5 nitrogen and oxygen atoms in total. The van der Waals surface area contributed by atoms with Gasteiger partial charge in [0.05, 0.1) is 21.8 Å². The van der Waals surface area contributed by atoms with E-state index in [-0.39, 0.29) is 40.9 Å². The van der Waals surface area contributed by atoms with Crippen molar-refractivity contribution >= 4 is 21.4 Å². The van der Waals surface area contributed by atoms with Gasteiger partial charge in [-0.3, -0.25) is 4.79 Å². The molecule has 41 heavy (non-hydrogen) atoms. The monoisotopic (exact) mass is 598 g/mol. The highest BCUT2D eigenvalue weighted by Gasteiger charge is 2.37. The topological polar surface area (TPSA) is 66.5 Å². The van der Waals surface area contributed by atoms with Gasteiger partial charge in [0, 0.05) is 36.8 Å². The van der Waals surface area contributed by atoms with Crippen LogP contribution in [0.25, 0.3) is 0 Å². The molecule has 1 heterocycles. The molecule has 1 fully saturated rings. The van der Waals surface area contributed by atoms with Crippen LogP contribution in [-0.4, -0.2) is 33.2 Å². The van der Waals surface area contributed by atoms with Gasteiger partial charge in [-0.1, -0.05) is 31.2 Å². The van der Waals surface area contributed by atoms with Crippen LogP contribution in [0.5, 0.6) is 0 Å². The fraction of sp³-hybridized carbons (Fsp3) is 0.345. The molecular formula is C29H28F6N2O3S. The molecule has 0 aliphatic carbocycles. The van der Waals surface area contributed by atoms with Crippen molar-refractivity contribution in [3.8, 4) is 0 Å². The zero-order valence-electron chi connectivity index (χ0n) is 22.0. The van der Waals surface area contributed by atoms with Gasteiger partial charge >= 0.3 is 12.4 Å². The molecule has 4 rings (SSSR count). The first-order chi connectivity index (χ1) is 19.2. The molecule has 0 bridgehead atoms. The van der Waals surface area contributed by atoms with Crippen molar-refractivity contribution in [2.45, 2.75) is 49.5 Å². The van der Waals surface area contributed by atoms with E-state index in [4.69, 9.17) is 0 Å². The van der Waals surface area contributed by atoms with Crippen LogP contribution in [-0.2, 0) is 28.7 Å². The molecule has 1 aliphatic rings. The Kier molecular flexibility index (Phi) is 8.72. The van der Waals surface area contributed by atoms with E-state index in [1.165, 1.54) is 55.5 Å². The minimum Gasteiger partial charge on any atom is -0.370 e. The molecule has 220 valence electrons. The first-order valence-electron chi connectivity index (χ1n) is 12.9. The highest BCUT2D eigenvalue weighted by molar-refractivity contribution is 7.91. The standard InChI is InChI=1S/C29H28F6N2O3S/c1-2-41(39,40)24-12-5-19(6-13-24)17-36-27(38)21-9-14-26(25(16-21)29(33,34)35)37-15-3-4-22(18-37)20-7-10-23(11-8-20)28(30,31)32/h5-14,16,22H,2-4,15,17-18H2,1H3,(H,36,38). The molecule has 1 aliphatic heterocycles. The lowest BCUT2D eigenvalue weighted by molar-refractivity contribution is -0.138. The summed E-state index contributed by atoms with van der Waals surface area (Å²) in [6.07, 6.45) is -8.07. The summed E-state index contributed by atoms with van der Waals surface area (Å²) >= 11 is 0. The Morgan fingerprint density at radius 1 is 0.927 bits per heavy atom. The van der Waals surface area contributed by atoms with Crippen LogP contribution >= 0.6 is 0 Å². The smallest absolute Gasteiger partial charge is 0.370 e. The summed E-state index contributed by atoms with van der Waals surface area (Å²) in [6, 6.07) is 13.9. The minimum atomic E-state index is -4.76. The Bertz CT molecular complexity index is 1480. The van der Waals surface area contributed by atoms with Gasteiger partial charge in [0.1, 0.15) is 0 Å². The normalized spacial score (nSPS) is 16.5. The number of alkyl halides is 6. The Morgan fingerprint density at radius 2 is 1.59 bits per heavy atom. The average molecular weight is 599 g/mol. The summed E-state index contributed by atoms with van der Waals surface area (Å²) < 4.78 is 105. The largest absolute Gasteiger partial charge is 0.418 e. The molecule has 0 radical (unpaired) electrons. The molecule has 3 aromatic carbocycles. The number of halogens is 6. The average Bonchev–Trinajstić information content (AvgIpc) is 2.95. The number of amides is 1. The number of nitrogens with one attached hydrogen (secondary N) is 1. The zero-order chi connectivity index (χ0) is 30.0. The number of hydrogen-bond donors (Lipinski definition) is 1. The molecule has 0 aromatic heterocycles. The maximum atomic E-state index is 14.1. The Labute approximate surface area is 234 Å². The van der Waals surface area contributed by atoms with Crippen LogP contribution in [0, 0.1) is 0 Å². The van der Waals surface area contributed by atoms with E-state index in [1.54, 1.807) is 4.90 Å². The van der Waals surface area contributed by atoms with E-state index in [0.29, 0.717) is 30.5 Å². The lowest BCUT2D eigenvalue weighted by Gasteiger charge is -2.36. The lowest BCUT2D eigenvalue weighted by atomic mass is 9.89. The second-order valence-electron chi connectivity index (χ2n) is 9.86. The molecule has 1 atom stereocenters. The number of nitrogens with zero attached hydrogens (tertiary/aromatic N) is 1. The molecule has 0 saturated carbocycles. The van der Waals surface area contributed by atoms with E-state index < -0.39 is 39.2 Å². The van der Waals surface area contributed by atoms with Crippen molar-refractivity contribution in [3.63, 3.8) is 0 Å². The number of carbonyl (C=O) groups excluding carboxylic acids is 1. The summed E-state index contributed by atoms with van der Waals surface area (Å²) in [5, 5.41) is 2.56. The van der Waals surface area contributed by atoms with Crippen molar-refractivity contribution in [1.29, 1.82) is 0 Å². The predicted octanol–water partition coefficient (Wildman–Crippen LogP) is 6.83. The third-order valence-electron chi connectivity index (χ3n) is 7.15. The third kappa shape index (κ3) is 7.22. The van der Waals surface area contributed by atoms with Crippen LogP contribution in [0.4, 0.5) is 32.0 Å². The van der Waals surface area contributed by atoms with Gasteiger partial charge in [-0.2, -0.15) is 26.3 Å². The van der Waals surface area contributed by atoms with Crippen LogP contribution in [0.3, 0.4) is 0 Å². The maximum Gasteiger partial charge on any atom is 0.418 e. The van der Waals surface area contributed by atoms with Gasteiger partial charge < -0.3 is 10.2 Å². The number of carbonyl (C=O) groups is 1. The van der Waals surface area contributed by atoms with Crippen molar-refractivity contribution in [1.82, 2.24) is 5.32 Å². The number of hydrogen-bond acceptors (Lipinski definition) is 4. The highest BCUT2D eigenvalue weighted by Crippen LogP contribution is 2.40. The van der Waals surface area contributed by atoms with Crippen LogP contribution < -0.4 is 10.2 Å². The van der Waals surface area contributed by atoms with Crippen molar-refractivity contribution in [2.75, 3.05) is 23.7 Å². The van der Waals surface area contributed by atoms with E-state index in [2.05, 4.69) is 5.32 Å². The van der Waals surface area contributed by atoms with Crippen LogP contribution in [0.2, 0.25) is 0 Å². The first kappa shape index (κ1) is 30.4. The summed E-state index contributed by atoms with van der Waals surface area (Å²) in [5.41, 5.74) is -0.867. The van der Waals surface area contributed by atoms with E-state index in [9.17, 15) is 39.6 Å². The minimum absolute atomic E-state index is 0.0185. The fourth-order valence-corrected chi connectivity index (χ4v) is 5.74. The molecule has 1 amide bonds. The van der Waals surface area contributed by atoms with Gasteiger partial charge in [-0.25, -0.2) is 8.42 Å². The Morgan fingerprint density at radius 3 is 2.17 bits per heavy atom. The van der Waals surface area contributed by atoms with E-state index in [1.807, 2.05) is 0 Å². The second-order valence-corrected chi connectivity index (χ2v) is 12.1. The van der Waals surface area contributed by atoms with Gasteiger partial charge in [-0.05, 0) is 66.4 Å². The number of rotatable bonds is 7. The molecule has 12 heteroatoms. The Hall–Kier alpha value is -3.54. The number of piperidine rings is 1. The number of anilines is 1. The van der Waals surface area contributed by atoms with Gasteiger partial charge in [0.15, 0.2) is 9.84 Å². The van der Waals surface area contributed by atoms with Crippen LogP contribution in [0.1, 0.15) is 58.3 Å². The third-order valence-corrected chi connectivity index (χ3v) is 8.90. The Balaban J connectivity index is 1.50.